The topological polar surface area (TPSA) is 180 Å². The van der Waals surface area contributed by atoms with Crippen LogP contribution in [0.1, 0.15) is 123 Å². The van der Waals surface area contributed by atoms with Crippen molar-refractivity contribution in [2.75, 3.05) is 32.9 Å². The molecule has 0 spiro atoms. The molecule has 1 aromatic carbocycles. The predicted molar refractivity (Wildman–Crippen MR) is 230 cm³/mol. The fourth-order valence-electron chi connectivity index (χ4n) is 8.65. The van der Waals surface area contributed by atoms with Crippen LogP contribution in [0.4, 0.5) is 9.59 Å². The van der Waals surface area contributed by atoms with Crippen LogP contribution in [0.15, 0.2) is 36.9 Å². The summed E-state index contributed by atoms with van der Waals surface area (Å²) in [4.78, 5) is 86.8. The van der Waals surface area contributed by atoms with E-state index >= 15 is 4.79 Å². The number of sulfonamides is 1. The van der Waals surface area contributed by atoms with Crippen LogP contribution in [-0.2, 0) is 46.9 Å². The Morgan fingerprint density at radius 2 is 1.72 bits per heavy atom. The minimum absolute atomic E-state index is 0.000601. The van der Waals surface area contributed by atoms with Gasteiger partial charge < -0.3 is 25.2 Å². The van der Waals surface area contributed by atoms with Crippen molar-refractivity contribution < 1.29 is 41.9 Å². The maximum Gasteiger partial charge on any atom is 0.410 e. The highest BCUT2D eigenvalue weighted by Gasteiger charge is 2.49. The van der Waals surface area contributed by atoms with Gasteiger partial charge in [-0.25, -0.2) is 22.3 Å². The largest absolute Gasteiger partial charge is 0.444 e. The van der Waals surface area contributed by atoms with Gasteiger partial charge >= 0.3 is 12.1 Å². The van der Waals surface area contributed by atoms with Gasteiger partial charge in [-0.05, 0) is 54.1 Å². The number of carbonyl (C=O) groups excluding carboxylic acids is 6. The van der Waals surface area contributed by atoms with E-state index in [4.69, 9.17) is 4.74 Å². The number of nitrogens with zero attached hydrogens (tertiary/aromatic N) is 3. The van der Waals surface area contributed by atoms with Crippen molar-refractivity contribution in [2.45, 2.75) is 149 Å². The number of ketones is 3. The molecule has 2 aliphatic heterocycles. The number of hydrogen-bond donors (Lipinski definition) is 2. The van der Waals surface area contributed by atoms with Gasteiger partial charge in [0, 0.05) is 57.9 Å². The SMILES string of the molecule is C=CCCC(=O)C(=O)C(CCCC)CC(=O)[C@@H]1C[C@@H](OC(=O)N2CCc3ccccc3C2)CN1C(=O)[C@@H](NC(=O)N[C@H](CN(C)S(C)(=O)=O)C(C)(C)C)C1(C)CCCCC1. The van der Waals surface area contributed by atoms with Gasteiger partial charge in [-0.1, -0.05) is 97.1 Å². The van der Waals surface area contributed by atoms with Crippen molar-refractivity contribution in [3.05, 3.63) is 48.0 Å². The second kappa shape index (κ2) is 21.1. The number of carbonyl (C=O) groups is 6. The number of unbranched alkanes of at least 4 members (excludes halogenated alkanes) is 1. The lowest BCUT2D eigenvalue weighted by Crippen LogP contribution is -2.62. The third kappa shape index (κ3) is 13.0. The summed E-state index contributed by atoms with van der Waals surface area (Å²) in [6.07, 6.45) is 7.60. The summed E-state index contributed by atoms with van der Waals surface area (Å²) in [7, 11) is -2.12. The molecular formula is C45H69N5O9S. The molecule has 1 saturated heterocycles. The molecule has 1 unspecified atom stereocenters. The number of likely N-dealkylation sites (N-methyl/N-ethyl adjacent to an activating group) is 1. The molecule has 0 radical (unpaired) electrons. The van der Waals surface area contributed by atoms with Crippen LogP contribution in [0, 0.1) is 16.7 Å². The monoisotopic (exact) mass is 855 g/mol. The molecule has 15 heteroatoms. The van der Waals surface area contributed by atoms with Gasteiger partial charge in [0.25, 0.3) is 0 Å². The highest BCUT2D eigenvalue weighted by atomic mass is 32.2. The molecule has 60 heavy (non-hydrogen) atoms. The molecule has 1 saturated carbocycles. The Bertz CT molecular complexity index is 1840. The number of nitrogens with one attached hydrogen (secondary N) is 2. The Balaban J connectivity index is 1.65. The third-order valence-corrected chi connectivity index (χ3v) is 14.0. The van der Waals surface area contributed by atoms with E-state index in [-0.39, 0.29) is 32.4 Å². The molecule has 4 amide bonds. The second-order valence-electron chi connectivity index (χ2n) is 18.5. The molecular weight excluding hydrogens is 787 g/mol. The zero-order valence-corrected chi connectivity index (χ0v) is 37.7. The van der Waals surface area contributed by atoms with Crippen LogP contribution in [0.5, 0.6) is 0 Å². The molecule has 5 atom stereocenters. The summed E-state index contributed by atoms with van der Waals surface area (Å²) >= 11 is 0. The molecule has 1 aromatic rings. The Morgan fingerprint density at radius 1 is 1.05 bits per heavy atom. The maximum absolute atomic E-state index is 15.1. The molecule has 14 nitrogen and oxygen atoms in total. The van der Waals surface area contributed by atoms with Crippen LogP contribution in [0.3, 0.4) is 0 Å². The van der Waals surface area contributed by atoms with E-state index in [2.05, 4.69) is 17.2 Å². The summed E-state index contributed by atoms with van der Waals surface area (Å²) in [5, 5.41) is 5.92. The van der Waals surface area contributed by atoms with Crippen molar-refractivity contribution in [1.29, 1.82) is 0 Å². The number of urea groups is 1. The van der Waals surface area contributed by atoms with Crippen LogP contribution in [0.25, 0.3) is 0 Å². The first-order valence-electron chi connectivity index (χ1n) is 21.7. The Kier molecular flexibility index (Phi) is 17.1. The zero-order valence-electron chi connectivity index (χ0n) is 36.9. The normalized spacial score (nSPS) is 20.7. The van der Waals surface area contributed by atoms with Crippen molar-refractivity contribution in [3.8, 4) is 0 Å². The minimum Gasteiger partial charge on any atom is -0.444 e. The Morgan fingerprint density at radius 3 is 2.33 bits per heavy atom. The smallest absolute Gasteiger partial charge is 0.410 e. The van der Waals surface area contributed by atoms with Crippen molar-refractivity contribution in [3.63, 3.8) is 0 Å². The average molecular weight is 856 g/mol. The van der Waals surface area contributed by atoms with Gasteiger partial charge in [0.15, 0.2) is 11.6 Å². The number of allylic oxidation sites excluding steroid dienone is 1. The number of benzene rings is 1. The first-order valence-corrected chi connectivity index (χ1v) is 23.5. The van der Waals surface area contributed by atoms with Gasteiger partial charge in [-0.3, -0.25) is 19.2 Å². The van der Waals surface area contributed by atoms with E-state index in [1.807, 2.05) is 58.9 Å². The molecule has 1 aliphatic carbocycles. The van der Waals surface area contributed by atoms with Gasteiger partial charge in [0.1, 0.15) is 12.1 Å². The molecule has 334 valence electrons. The molecule has 3 aliphatic rings. The Labute approximate surface area is 357 Å². The summed E-state index contributed by atoms with van der Waals surface area (Å²) in [6, 6.07) is 4.44. The second-order valence-corrected chi connectivity index (χ2v) is 20.6. The maximum atomic E-state index is 15.1. The standard InChI is InChI=1S/C45H69N5O9S/c1-9-11-18-32(39(53)36(51)21-12-10-2)26-37(52)35-27-34(59-43(56)49-25-22-31-19-14-15-20-33(31)28-49)29-50(35)41(54)40(45(6)23-16-13-17-24-45)47-42(55)46-38(44(3,4)5)30-48(7)60(8,57)58/h10,14-15,19-20,32,34-35,38,40H,2,9,11-13,16-18,21-30H2,1,3-8H3,(H2,46,47,55)/t32?,34-,35+,38-,40-/m1/s1. The van der Waals surface area contributed by atoms with Gasteiger partial charge in [-0.15, -0.1) is 6.58 Å². The number of Topliss-reactive ketones (excluding diaryl/α,β-unsaturated/α-hetero) is 3. The number of hydrogen-bond acceptors (Lipinski definition) is 9. The van der Waals surface area contributed by atoms with E-state index in [1.54, 1.807) is 11.0 Å². The fraction of sp³-hybridized carbons (Fsp3) is 0.689. The van der Waals surface area contributed by atoms with Crippen LogP contribution in [-0.4, -0.2) is 115 Å². The van der Waals surface area contributed by atoms with Crippen molar-refractivity contribution in [2.24, 2.45) is 16.7 Å². The van der Waals surface area contributed by atoms with E-state index in [0.717, 1.165) is 43.1 Å². The summed E-state index contributed by atoms with van der Waals surface area (Å²) in [5.74, 6) is -2.94. The predicted octanol–water partition coefficient (Wildman–Crippen LogP) is 5.97. The quantitative estimate of drug-likeness (QED) is 0.125. The number of likely N-dealkylation sites (tertiary alicyclic amines) is 1. The average Bonchev–Trinajstić information content (AvgIpc) is 3.62. The highest BCUT2D eigenvalue weighted by molar-refractivity contribution is 7.88. The lowest BCUT2D eigenvalue weighted by Gasteiger charge is -2.43. The lowest BCUT2D eigenvalue weighted by atomic mass is 9.70. The molecule has 4 rings (SSSR count). The molecule has 0 aromatic heterocycles. The lowest BCUT2D eigenvalue weighted by molar-refractivity contribution is -0.144. The Hall–Kier alpha value is -4.11. The molecule has 2 fully saturated rings. The van der Waals surface area contributed by atoms with E-state index < -0.39 is 86.4 Å². The third-order valence-electron chi connectivity index (χ3n) is 12.7. The minimum atomic E-state index is -3.56. The molecule has 0 bridgehead atoms. The molecule has 2 N–H and O–H groups in total. The van der Waals surface area contributed by atoms with Crippen LogP contribution >= 0.6 is 0 Å². The van der Waals surface area contributed by atoms with Crippen LogP contribution in [0.2, 0.25) is 0 Å². The van der Waals surface area contributed by atoms with E-state index in [9.17, 15) is 32.4 Å². The zero-order chi connectivity index (χ0) is 44.4. The van der Waals surface area contributed by atoms with E-state index in [1.165, 1.54) is 16.3 Å². The summed E-state index contributed by atoms with van der Waals surface area (Å²) < 4.78 is 31.9. The summed E-state index contributed by atoms with van der Waals surface area (Å²) in [5.41, 5.74) is 0.916. The van der Waals surface area contributed by atoms with Crippen LogP contribution < -0.4 is 10.6 Å². The van der Waals surface area contributed by atoms with Crippen molar-refractivity contribution in [1.82, 2.24) is 24.7 Å². The number of rotatable bonds is 19. The van der Waals surface area contributed by atoms with Gasteiger partial charge in [0.05, 0.1) is 18.8 Å². The first kappa shape index (κ1) is 48.6. The highest BCUT2D eigenvalue weighted by Crippen LogP contribution is 2.41. The number of fused-ring (bicyclic) bond motifs is 1. The molecule has 2 heterocycles. The van der Waals surface area contributed by atoms with Gasteiger partial charge in [0.2, 0.25) is 21.7 Å². The van der Waals surface area contributed by atoms with Crippen molar-refractivity contribution >= 4 is 45.4 Å². The van der Waals surface area contributed by atoms with E-state index in [0.29, 0.717) is 51.6 Å². The summed E-state index contributed by atoms with van der Waals surface area (Å²) in [6.45, 7) is 13.9. The van der Waals surface area contributed by atoms with Gasteiger partial charge in [-0.2, -0.15) is 0 Å². The number of ether oxygens (including phenoxy) is 1. The fourth-order valence-corrected chi connectivity index (χ4v) is 9.07. The first-order chi connectivity index (χ1) is 28.2. The number of amides is 4.